The van der Waals surface area contributed by atoms with Crippen LogP contribution in [-0.2, 0) is 0 Å². The minimum Gasteiger partial charge on any atom is -0.507 e. The Hall–Kier alpha value is -2.30. The molecule has 120 valence electrons. The fourth-order valence-corrected chi connectivity index (χ4v) is 4.29. The lowest BCUT2D eigenvalue weighted by atomic mass is 9.95. The number of aliphatic hydroxyl groups is 1. The molecule has 24 heavy (non-hydrogen) atoms. The fourth-order valence-electron chi connectivity index (χ4n) is 2.91. The summed E-state index contributed by atoms with van der Waals surface area (Å²) in [6.07, 6.45) is 0. The Labute approximate surface area is 147 Å². The van der Waals surface area contributed by atoms with Crippen molar-refractivity contribution in [3.63, 3.8) is 0 Å². The summed E-state index contributed by atoms with van der Waals surface area (Å²) >= 11 is 7.80. The summed E-state index contributed by atoms with van der Waals surface area (Å²) in [6.45, 7) is 0.530. The van der Waals surface area contributed by atoms with Crippen molar-refractivity contribution < 1.29 is 9.50 Å². The summed E-state index contributed by atoms with van der Waals surface area (Å²) in [5, 5.41) is 15.1. The fraction of sp³-hybridized carbons (Fsp3) is 0.0526. The third-order valence-electron chi connectivity index (χ3n) is 4.07. The first kappa shape index (κ1) is 15.2. The molecule has 1 aliphatic heterocycles. The predicted octanol–water partition coefficient (Wildman–Crippen LogP) is 6.06. The Morgan fingerprint density at radius 2 is 1.67 bits per heavy atom. The van der Waals surface area contributed by atoms with Gasteiger partial charge in [-0.05, 0) is 23.3 Å². The number of nitrogens with one attached hydrogen (secondary N) is 1. The predicted molar refractivity (Wildman–Crippen MR) is 99.1 cm³/mol. The van der Waals surface area contributed by atoms with Crippen LogP contribution in [0.15, 0.2) is 54.6 Å². The average molecular weight is 358 g/mol. The van der Waals surface area contributed by atoms with Crippen LogP contribution in [0.5, 0.6) is 0 Å². The number of benzene rings is 2. The van der Waals surface area contributed by atoms with E-state index in [4.69, 9.17) is 11.6 Å². The van der Waals surface area contributed by atoms with E-state index in [9.17, 15) is 9.50 Å². The van der Waals surface area contributed by atoms with Crippen LogP contribution in [0.2, 0.25) is 4.34 Å². The Morgan fingerprint density at radius 3 is 2.38 bits per heavy atom. The molecule has 1 aliphatic rings. The van der Waals surface area contributed by atoms with Crippen LogP contribution in [0.4, 0.5) is 9.39 Å². The highest BCUT2D eigenvalue weighted by Gasteiger charge is 2.27. The molecule has 2 aromatic carbocycles. The lowest BCUT2D eigenvalue weighted by molar-refractivity contribution is 0.513. The Morgan fingerprint density at radius 1 is 0.958 bits per heavy atom. The van der Waals surface area contributed by atoms with Crippen molar-refractivity contribution in [1.29, 1.82) is 0 Å². The molecule has 0 saturated carbocycles. The van der Waals surface area contributed by atoms with Crippen molar-refractivity contribution in [1.82, 2.24) is 0 Å². The van der Waals surface area contributed by atoms with E-state index in [1.165, 1.54) is 23.5 Å². The van der Waals surface area contributed by atoms with E-state index < -0.39 is 0 Å². The largest absolute Gasteiger partial charge is 0.507 e. The van der Waals surface area contributed by atoms with Crippen LogP contribution >= 0.6 is 22.9 Å². The van der Waals surface area contributed by atoms with Gasteiger partial charge in [0.15, 0.2) is 0 Å². The molecule has 0 atom stereocenters. The van der Waals surface area contributed by atoms with Crippen LogP contribution in [0, 0.1) is 5.82 Å². The van der Waals surface area contributed by atoms with E-state index in [-0.39, 0.29) is 11.6 Å². The highest BCUT2D eigenvalue weighted by Crippen LogP contribution is 2.49. The van der Waals surface area contributed by atoms with Gasteiger partial charge in [0.05, 0.1) is 5.56 Å². The highest BCUT2D eigenvalue weighted by molar-refractivity contribution is 7.21. The molecule has 4 rings (SSSR count). The van der Waals surface area contributed by atoms with Gasteiger partial charge in [-0.3, -0.25) is 0 Å². The molecule has 0 spiro atoms. The molecule has 1 aromatic heterocycles. The van der Waals surface area contributed by atoms with Crippen LogP contribution in [0.1, 0.15) is 11.1 Å². The number of anilines is 1. The van der Waals surface area contributed by atoms with Crippen LogP contribution in [0.25, 0.3) is 22.5 Å². The number of hydrogen-bond acceptors (Lipinski definition) is 3. The maximum atomic E-state index is 13.2. The Kier molecular flexibility index (Phi) is 3.79. The van der Waals surface area contributed by atoms with Crippen molar-refractivity contribution in [2.75, 3.05) is 11.9 Å². The summed E-state index contributed by atoms with van der Waals surface area (Å²) in [5.74, 6) is -0.0840. The number of fused-ring (bicyclic) bond motifs is 1. The molecular formula is C19H13ClFNOS. The van der Waals surface area contributed by atoms with Gasteiger partial charge in [-0.1, -0.05) is 54.1 Å². The summed E-state index contributed by atoms with van der Waals surface area (Å²) in [7, 11) is 0. The van der Waals surface area contributed by atoms with Crippen molar-refractivity contribution in [2.45, 2.75) is 0 Å². The summed E-state index contributed by atoms with van der Waals surface area (Å²) in [4.78, 5) is 0. The summed E-state index contributed by atoms with van der Waals surface area (Å²) in [6, 6.07) is 15.9. The normalized spacial score (nSPS) is 13.6. The van der Waals surface area contributed by atoms with E-state index in [1.807, 2.05) is 30.3 Å². The highest BCUT2D eigenvalue weighted by atomic mass is 35.5. The molecule has 0 saturated heterocycles. The summed E-state index contributed by atoms with van der Waals surface area (Å²) < 4.78 is 13.8. The number of halogens is 2. The van der Waals surface area contributed by atoms with Crippen molar-refractivity contribution in [3.05, 3.63) is 75.9 Å². The van der Waals surface area contributed by atoms with E-state index in [1.54, 1.807) is 12.1 Å². The van der Waals surface area contributed by atoms with Crippen LogP contribution in [-0.4, -0.2) is 11.7 Å². The number of rotatable bonds is 2. The molecule has 2 N–H and O–H groups in total. The number of thiophene rings is 1. The number of aliphatic hydroxyl groups excluding tert-OH is 1. The second-order valence-electron chi connectivity index (χ2n) is 5.51. The standard InChI is InChI=1S/C19H13ClFNOS/c20-18-15(12-6-8-13(21)9-7-12)16-17(23)14(10-22-19(16)24-18)11-4-2-1-3-5-11/h1-9,22-23H,10H2. The second-order valence-corrected chi connectivity index (χ2v) is 7.13. The Balaban J connectivity index is 1.91. The maximum absolute atomic E-state index is 13.2. The lowest BCUT2D eigenvalue weighted by Crippen LogP contribution is -2.12. The third kappa shape index (κ3) is 2.48. The Bertz CT molecular complexity index is 932. The van der Waals surface area contributed by atoms with E-state index in [2.05, 4.69) is 5.32 Å². The molecule has 0 amide bonds. The van der Waals surface area contributed by atoms with Gasteiger partial charge in [-0.25, -0.2) is 4.39 Å². The van der Waals surface area contributed by atoms with Crippen LogP contribution < -0.4 is 5.32 Å². The quantitative estimate of drug-likeness (QED) is 0.584. The molecule has 5 heteroatoms. The second kappa shape index (κ2) is 5.96. The van der Waals surface area contributed by atoms with E-state index in [0.717, 1.165) is 27.3 Å². The molecular weight excluding hydrogens is 345 g/mol. The van der Waals surface area contributed by atoms with Crippen molar-refractivity contribution >= 4 is 39.3 Å². The van der Waals surface area contributed by atoms with Crippen molar-refractivity contribution in [3.8, 4) is 11.1 Å². The molecule has 0 unspecified atom stereocenters. The van der Waals surface area contributed by atoms with Crippen molar-refractivity contribution in [2.24, 2.45) is 0 Å². The average Bonchev–Trinajstić information content (AvgIpc) is 2.94. The van der Waals surface area contributed by atoms with Gasteiger partial charge in [0, 0.05) is 17.7 Å². The molecule has 0 fully saturated rings. The molecule has 2 nitrogen and oxygen atoms in total. The molecule has 0 aliphatic carbocycles. The minimum absolute atomic E-state index is 0.220. The zero-order valence-electron chi connectivity index (χ0n) is 12.5. The van der Waals surface area contributed by atoms with Gasteiger partial charge in [0.2, 0.25) is 0 Å². The van der Waals surface area contributed by atoms with Gasteiger partial charge in [0.1, 0.15) is 20.9 Å². The van der Waals surface area contributed by atoms with Gasteiger partial charge in [-0.2, -0.15) is 0 Å². The van der Waals surface area contributed by atoms with Gasteiger partial charge < -0.3 is 10.4 Å². The lowest BCUT2D eigenvalue weighted by Gasteiger charge is -2.20. The van der Waals surface area contributed by atoms with Gasteiger partial charge in [0.25, 0.3) is 0 Å². The first-order chi connectivity index (χ1) is 11.6. The summed E-state index contributed by atoms with van der Waals surface area (Å²) in [5.41, 5.74) is 3.97. The maximum Gasteiger partial charge on any atom is 0.132 e. The topological polar surface area (TPSA) is 32.3 Å². The third-order valence-corrected chi connectivity index (χ3v) is 5.43. The number of hydrogen-bond donors (Lipinski definition) is 2. The SMILES string of the molecule is OC1=C(c2ccccc2)CNc2sc(Cl)c(-c3ccc(F)cc3)c21. The zero-order valence-corrected chi connectivity index (χ0v) is 14.1. The first-order valence-corrected chi connectivity index (χ1v) is 8.64. The molecule has 0 bridgehead atoms. The molecule has 3 aromatic rings. The minimum atomic E-state index is -0.304. The molecule has 0 radical (unpaired) electrons. The van der Waals surface area contributed by atoms with E-state index in [0.29, 0.717) is 16.4 Å². The van der Waals surface area contributed by atoms with Crippen LogP contribution in [0.3, 0.4) is 0 Å². The van der Waals surface area contributed by atoms with Gasteiger partial charge in [-0.15, -0.1) is 11.3 Å². The molecule has 2 heterocycles. The van der Waals surface area contributed by atoms with E-state index >= 15 is 0 Å². The first-order valence-electron chi connectivity index (χ1n) is 7.45. The smallest absolute Gasteiger partial charge is 0.132 e. The monoisotopic (exact) mass is 357 g/mol. The van der Waals surface area contributed by atoms with Gasteiger partial charge >= 0.3 is 0 Å². The zero-order chi connectivity index (χ0) is 16.7.